The van der Waals surface area contributed by atoms with Crippen LogP contribution in [0.2, 0.25) is 0 Å². The van der Waals surface area contributed by atoms with Gasteiger partial charge in [0.25, 0.3) is 0 Å². The Labute approximate surface area is 290 Å². The third-order valence-corrected chi connectivity index (χ3v) is 11.4. The molecule has 1 heterocycles. The molecule has 0 spiro atoms. The standard InChI is InChI=1S/C44H34N2O2S/c1-43(2)37-11-7-5-9-33(37)35-24-30(17-20-39(35)43)46(31-18-21-40-36(25-31)34-10-6-8-12-38(34)44(40,3)4)29-15-13-27(14-16-29)41-22-19-32(49-41)23-28(26-45)42(47)48/h5-25H,1-4H3,(H,47,48). The van der Waals surface area contributed by atoms with Crippen LogP contribution in [0.15, 0.2) is 127 Å². The highest BCUT2D eigenvalue weighted by molar-refractivity contribution is 7.16. The maximum Gasteiger partial charge on any atom is 0.346 e. The Bertz CT molecular complexity index is 2280. The molecule has 238 valence electrons. The van der Waals surface area contributed by atoms with Gasteiger partial charge in [0.2, 0.25) is 0 Å². The van der Waals surface area contributed by atoms with Gasteiger partial charge in [-0.3, -0.25) is 0 Å². The molecule has 2 aliphatic carbocycles. The zero-order chi connectivity index (χ0) is 34.1. The molecule has 1 aromatic heterocycles. The van der Waals surface area contributed by atoms with E-state index in [-0.39, 0.29) is 16.4 Å². The maximum atomic E-state index is 11.4. The number of carboxylic acids is 1. The van der Waals surface area contributed by atoms with Crippen LogP contribution in [-0.4, -0.2) is 11.1 Å². The van der Waals surface area contributed by atoms with Gasteiger partial charge in [-0.2, -0.15) is 5.26 Å². The van der Waals surface area contributed by atoms with Gasteiger partial charge in [0.05, 0.1) is 0 Å². The minimum atomic E-state index is -1.22. The third-order valence-electron chi connectivity index (χ3n) is 10.3. The minimum Gasteiger partial charge on any atom is -0.477 e. The number of aliphatic carboxylic acids is 1. The van der Waals surface area contributed by atoms with Crippen molar-refractivity contribution in [2.45, 2.75) is 38.5 Å². The molecule has 0 radical (unpaired) electrons. The van der Waals surface area contributed by atoms with Gasteiger partial charge in [-0.1, -0.05) is 100 Å². The van der Waals surface area contributed by atoms with Crippen molar-refractivity contribution in [3.8, 4) is 38.8 Å². The summed E-state index contributed by atoms with van der Waals surface area (Å²) in [5.74, 6) is -1.22. The Morgan fingerprint density at radius 1 is 0.653 bits per heavy atom. The summed E-state index contributed by atoms with van der Waals surface area (Å²) in [6, 6.07) is 45.4. The number of nitriles is 1. The predicted molar refractivity (Wildman–Crippen MR) is 201 cm³/mol. The zero-order valence-corrected chi connectivity index (χ0v) is 28.6. The lowest BCUT2D eigenvalue weighted by Crippen LogP contribution is -2.16. The lowest BCUT2D eigenvalue weighted by atomic mass is 9.82. The van der Waals surface area contributed by atoms with E-state index in [1.54, 1.807) is 6.07 Å². The normalized spacial score (nSPS) is 14.7. The zero-order valence-electron chi connectivity index (χ0n) is 27.8. The van der Waals surface area contributed by atoms with E-state index in [1.165, 1.54) is 61.9 Å². The number of anilines is 3. The van der Waals surface area contributed by atoms with Crippen LogP contribution in [0, 0.1) is 11.3 Å². The van der Waals surface area contributed by atoms with E-state index in [0.717, 1.165) is 32.4 Å². The van der Waals surface area contributed by atoms with Crippen LogP contribution in [0.1, 0.15) is 54.8 Å². The molecule has 0 saturated heterocycles. The quantitative estimate of drug-likeness (QED) is 0.143. The Kier molecular flexibility index (Phi) is 6.99. The van der Waals surface area contributed by atoms with Gasteiger partial charge in [-0.15, -0.1) is 11.3 Å². The highest BCUT2D eigenvalue weighted by Crippen LogP contribution is 2.53. The summed E-state index contributed by atoms with van der Waals surface area (Å²) in [6.07, 6.45) is 1.42. The molecule has 0 unspecified atom stereocenters. The minimum absolute atomic E-state index is 0.0764. The van der Waals surface area contributed by atoms with Crippen molar-refractivity contribution in [3.05, 3.63) is 154 Å². The maximum absolute atomic E-state index is 11.4. The molecule has 0 saturated carbocycles. The van der Waals surface area contributed by atoms with Gasteiger partial charge in [0, 0.05) is 37.6 Å². The number of thiophene rings is 1. The first-order valence-corrected chi connectivity index (χ1v) is 17.2. The third kappa shape index (κ3) is 4.83. The average molecular weight is 655 g/mol. The summed E-state index contributed by atoms with van der Waals surface area (Å²) in [4.78, 5) is 15.4. The summed E-state index contributed by atoms with van der Waals surface area (Å²) < 4.78 is 0. The lowest BCUT2D eigenvalue weighted by Gasteiger charge is -2.28. The summed E-state index contributed by atoms with van der Waals surface area (Å²) in [7, 11) is 0. The van der Waals surface area contributed by atoms with Crippen LogP contribution in [-0.2, 0) is 15.6 Å². The molecular weight excluding hydrogens is 621 g/mol. The topological polar surface area (TPSA) is 64.3 Å². The smallest absolute Gasteiger partial charge is 0.346 e. The summed E-state index contributed by atoms with van der Waals surface area (Å²) in [6.45, 7) is 9.23. The van der Waals surface area contributed by atoms with E-state index in [9.17, 15) is 15.2 Å². The molecule has 0 aliphatic heterocycles. The molecule has 5 aromatic carbocycles. The monoisotopic (exact) mass is 654 g/mol. The van der Waals surface area contributed by atoms with Gasteiger partial charge in [-0.25, -0.2) is 4.79 Å². The number of rotatable bonds is 6. The van der Waals surface area contributed by atoms with E-state index in [0.29, 0.717) is 0 Å². The average Bonchev–Trinajstić information content (AvgIpc) is 3.74. The fraction of sp³-hybridized carbons (Fsp3) is 0.136. The SMILES string of the molecule is CC1(C)c2ccccc2-c2cc(N(c3ccc(-c4ccc(C=C(C#N)C(=O)O)s4)cc3)c3ccc4c(c3)-c3ccccc3C4(C)C)ccc21. The van der Waals surface area contributed by atoms with Crippen molar-refractivity contribution in [2.75, 3.05) is 4.90 Å². The molecular formula is C44H34N2O2S. The highest BCUT2D eigenvalue weighted by atomic mass is 32.1. The van der Waals surface area contributed by atoms with E-state index in [1.807, 2.05) is 12.1 Å². The van der Waals surface area contributed by atoms with Crippen molar-refractivity contribution in [1.29, 1.82) is 5.26 Å². The number of carboxylic acid groups (broad SMARTS) is 1. The van der Waals surface area contributed by atoms with E-state index in [2.05, 4.69) is 142 Å². The van der Waals surface area contributed by atoms with Crippen LogP contribution in [0.25, 0.3) is 38.8 Å². The first-order chi connectivity index (χ1) is 23.6. The molecule has 0 atom stereocenters. The Morgan fingerprint density at radius 2 is 1.14 bits per heavy atom. The molecule has 6 aromatic rings. The summed E-state index contributed by atoms with van der Waals surface area (Å²) >= 11 is 1.46. The van der Waals surface area contributed by atoms with Gasteiger partial charge < -0.3 is 10.0 Å². The van der Waals surface area contributed by atoms with E-state index < -0.39 is 5.97 Å². The largest absolute Gasteiger partial charge is 0.477 e. The van der Waals surface area contributed by atoms with Gasteiger partial charge >= 0.3 is 5.97 Å². The lowest BCUT2D eigenvalue weighted by molar-refractivity contribution is -0.132. The Morgan fingerprint density at radius 3 is 1.65 bits per heavy atom. The number of hydrogen-bond donors (Lipinski definition) is 1. The first-order valence-electron chi connectivity index (χ1n) is 16.4. The second-order valence-electron chi connectivity index (χ2n) is 13.9. The molecule has 1 N–H and O–H groups in total. The van der Waals surface area contributed by atoms with Gasteiger partial charge in [0.1, 0.15) is 11.6 Å². The van der Waals surface area contributed by atoms with E-state index >= 15 is 0 Å². The van der Waals surface area contributed by atoms with Crippen molar-refractivity contribution in [2.24, 2.45) is 0 Å². The number of benzene rings is 5. The summed E-state index contributed by atoms with van der Waals surface area (Å²) in [5, 5.41) is 18.5. The van der Waals surface area contributed by atoms with Gasteiger partial charge in [0.15, 0.2) is 0 Å². The molecule has 49 heavy (non-hydrogen) atoms. The second kappa shape index (κ2) is 11.2. The Hall–Kier alpha value is -5.70. The van der Waals surface area contributed by atoms with Crippen LogP contribution in [0.3, 0.4) is 0 Å². The van der Waals surface area contributed by atoms with Crippen LogP contribution >= 0.6 is 11.3 Å². The molecule has 5 heteroatoms. The highest BCUT2D eigenvalue weighted by Gasteiger charge is 2.37. The predicted octanol–water partition coefficient (Wildman–Crippen LogP) is 11.5. The molecule has 2 aliphatic rings. The van der Waals surface area contributed by atoms with Crippen molar-refractivity contribution >= 4 is 40.4 Å². The number of fused-ring (bicyclic) bond motifs is 6. The molecule has 8 rings (SSSR count). The fourth-order valence-corrected chi connectivity index (χ4v) is 8.74. The van der Waals surface area contributed by atoms with Crippen LogP contribution in [0.4, 0.5) is 17.1 Å². The van der Waals surface area contributed by atoms with Crippen LogP contribution in [0.5, 0.6) is 0 Å². The molecule has 0 amide bonds. The number of nitrogens with zero attached hydrogens (tertiary/aromatic N) is 2. The molecule has 0 fully saturated rings. The van der Waals surface area contributed by atoms with Crippen molar-refractivity contribution in [1.82, 2.24) is 0 Å². The number of carbonyl (C=O) groups is 1. The van der Waals surface area contributed by atoms with Crippen LogP contribution < -0.4 is 4.90 Å². The van der Waals surface area contributed by atoms with Crippen molar-refractivity contribution < 1.29 is 9.90 Å². The summed E-state index contributed by atoms with van der Waals surface area (Å²) in [5.41, 5.74) is 14.3. The fourth-order valence-electron chi connectivity index (χ4n) is 7.79. The number of hydrogen-bond acceptors (Lipinski definition) is 4. The second-order valence-corrected chi connectivity index (χ2v) is 15.0. The first kappa shape index (κ1) is 30.6. The molecule has 4 nitrogen and oxygen atoms in total. The van der Waals surface area contributed by atoms with E-state index in [4.69, 9.17) is 0 Å². The van der Waals surface area contributed by atoms with Crippen molar-refractivity contribution in [3.63, 3.8) is 0 Å². The Balaban J connectivity index is 1.25. The molecule has 0 bridgehead atoms. The van der Waals surface area contributed by atoms with Gasteiger partial charge in [-0.05, 0) is 105 Å².